The molecule has 0 aliphatic rings. The predicted molar refractivity (Wildman–Crippen MR) is 107 cm³/mol. The van der Waals surface area contributed by atoms with Gasteiger partial charge in [0.25, 0.3) is 5.91 Å². The molecule has 5 nitrogen and oxygen atoms in total. The van der Waals surface area contributed by atoms with Crippen LogP contribution in [-0.4, -0.2) is 23.5 Å². The highest BCUT2D eigenvalue weighted by Crippen LogP contribution is 2.26. The molecule has 138 valence electrons. The second kappa shape index (κ2) is 8.79. The Bertz CT molecular complexity index is 954. The zero-order valence-electron chi connectivity index (χ0n) is 14.6. The van der Waals surface area contributed by atoms with Gasteiger partial charge in [0.1, 0.15) is 5.01 Å². The van der Waals surface area contributed by atoms with E-state index < -0.39 is 11.9 Å². The Labute approximate surface area is 166 Å². The Kier molecular flexibility index (Phi) is 6.21. The van der Waals surface area contributed by atoms with Crippen molar-refractivity contribution in [2.75, 3.05) is 11.9 Å². The summed E-state index contributed by atoms with van der Waals surface area (Å²) in [5.74, 6) is -1.05. The summed E-state index contributed by atoms with van der Waals surface area (Å²) in [5, 5.41) is 5.54. The minimum absolute atomic E-state index is 0.162. The van der Waals surface area contributed by atoms with Crippen molar-refractivity contribution in [2.45, 2.75) is 13.3 Å². The van der Waals surface area contributed by atoms with Crippen LogP contribution in [0.2, 0.25) is 5.02 Å². The summed E-state index contributed by atoms with van der Waals surface area (Å²) in [6, 6.07) is 14.7. The maximum atomic E-state index is 12.1. The summed E-state index contributed by atoms with van der Waals surface area (Å²) >= 11 is 7.28. The molecule has 0 spiro atoms. The lowest BCUT2D eigenvalue weighted by Gasteiger charge is -2.06. The van der Waals surface area contributed by atoms with Crippen LogP contribution in [0.1, 0.15) is 23.0 Å². The van der Waals surface area contributed by atoms with Gasteiger partial charge in [0.2, 0.25) is 0 Å². The summed E-state index contributed by atoms with van der Waals surface area (Å²) in [6.45, 7) is 1.68. The molecule has 0 unspecified atom stereocenters. The van der Waals surface area contributed by atoms with E-state index in [0.29, 0.717) is 15.7 Å². The van der Waals surface area contributed by atoms with Gasteiger partial charge in [-0.2, -0.15) is 0 Å². The highest BCUT2D eigenvalue weighted by Gasteiger charge is 2.15. The maximum Gasteiger partial charge on any atom is 0.358 e. The van der Waals surface area contributed by atoms with Gasteiger partial charge in [-0.3, -0.25) is 4.79 Å². The number of nitrogens with one attached hydrogen (secondary N) is 1. The van der Waals surface area contributed by atoms with Crippen LogP contribution in [0.15, 0.2) is 53.9 Å². The third kappa shape index (κ3) is 5.15. The van der Waals surface area contributed by atoms with E-state index in [1.54, 1.807) is 17.5 Å². The first kappa shape index (κ1) is 19.1. The quantitative estimate of drug-likeness (QED) is 0.602. The molecule has 0 bridgehead atoms. The number of nitrogens with zero attached hydrogens (tertiary/aromatic N) is 1. The van der Waals surface area contributed by atoms with Gasteiger partial charge < -0.3 is 10.1 Å². The number of ether oxygens (including phenoxy) is 1. The number of carbonyl (C=O) groups excluding carboxylic acids is 2. The Balaban J connectivity index is 1.55. The topological polar surface area (TPSA) is 68.3 Å². The second-order valence-corrected chi connectivity index (χ2v) is 7.02. The molecular weight excluding hydrogens is 384 g/mol. The molecule has 1 heterocycles. The molecule has 1 N–H and O–H groups in total. The Hall–Kier alpha value is -2.70. The van der Waals surface area contributed by atoms with E-state index in [2.05, 4.69) is 17.2 Å². The van der Waals surface area contributed by atoms with Crippen LogP contribution < -0.4 is 5.32 Å². The van der Waals surface area contributed by atoms with Crippen molar-refractivity contribution in [1.82, 2.24) is 4.98 Å². The zero-order chi connectivity index (χ0) is 19.2. The number of thiazole rings is 1. The average molecular weight is 401 g/mol. The number of anilines is 1. The van der Waals surface area contributed by atoms with E-state index in [1.165, 1.54) is 16.9 Å². The predicted octanol–water partition coefficient (Wildman–Crippen LogP) is 4.82. The third-order valence-electron chi connectivity index (χ3n) is 3.77. The molecule has 3 aromatic rings. The van der Waals surface area contributed by atoms with Crippen molar-refractivity contribution < 1.29 is 14.3 Å². The van der Waals surface area contributed by atoms with Gasteiger partial charge >= 0.3 is 5.97 Å². The molecule has 0 fully saturated rings. The van der Waals surface area contributed by atoms with Gasteiger partial charge in [-0.25, -0.2) is 9.78 Å². The van der Waals surface area contributed by atoms with Gasteiger partial charge in [-0.05, 0) is 36.2 Å². The van der Waals surface area contributed by atoms with Crippen molar-refractivity contribution in [3.05, 3.63) is 70.2 Å². The van der Waals surface area contributed by atoms with Crippen LogP contribution in [0.3, 0.4) is 0 Å². The van der Waals surface area contributed by atoms with E-state index >= 15 is 0 Å². The summed E-state index contributed by atoms with van der Waals surface area (Å²) < 4.78 is 5.05. The number of amides is 1. The molecule has 0 saturated carbocycles. The third-order valence-corrected chi connectivity index (χ3v) is 4.89. The smallest absolute Gasteiger partial charge is 0.358 e. The second-order valence-electron chi connectivity index (χ2n) is 5.72. The summed E-state index contributed by atoms with van der Waals surface area (Å²) in [5.41, 5.74) is 2.82. The Morgan fingerprint density at radius 3 is 2.67 bits per heavy atom. The van der Waals surface area contributed by atoms with Crippen LogP contribution in [0.25, 0.3) is 10.6 Å². The SMILES string of the molecule is CCc1ccc(NC(=O)COC(=O)c2csc(-c3cccc(Cl)c3)n2)cc1. The number of rotatable bonds is 6. The lowest BCUT2D eigenvalue weighted by Crippen LogP contribution is -2.21. The fourth-order valence-corrected chi connectivity index (χ4v) is 3.32. The monoisotopic (exact) mass is 400 g/mol. The highest BCUT2D eigenvalue weighted by atomic mass is 35.5. The van der Waals surface area contributed by atoms with Crippen molar-refractivity contribution in [1.29, 1.82) is 0 Å². The standard InChI is InChI=1S/C20H17ClN2O3S/c1-2-13-6-8-16(9-7-13)22-18(24)11-26-20(25)17-12-27-19(23-17)14-4-3-5-15(21)10-14/h3-10,12H,2,11H2,1H3,(H,22,24). The maximum absolute atomic E-state index is 12.1. The van der Waals surface area contributed by atoms with E-state index in [4.69, 9.17) is 16.3 Å². The lowest BCUT2D eigenvalue weighted by atomic mass is 10.1. The van der Waals surface area contributed by atoms with Crippen LogP contribution in [0.5, 0.6) is 0 Å². The fraction of sp³-hybridized carbons (Fsp3) is 0.150. The Morgan fingerprint density at radius 2 is 1.96 bits per heavy atom. The molecular formula is C20H17ClN2O3S. The minimum atomic E-state index is -0.643. The van der Waals surface area contributed by atoms with Crippen LogP contribution >= 0.6 is 22.9 Å². The molecule has 2 aromatic carbocycles. The number of esters is 1. The summed E-state index contributed by atoms with van der Waals surface area (Å²) in [6.07, 6.45) is 0.927. The Morgan fingerprint density at radius 1 is 1.19 bits per heavy atom. The normalized spacial score (nSPS) is 10.4. The number of halogens is 1. The molecule has 3 rings (SSSR count). The van der Waals surface area contributed by atoms with Gasteiger partial charge in [0.05, 0.1) is 0 Å². The first-order valence-electron chi connectivity index (χ1n) is 8.32. The number of hydrogen-bond acceptors (Lipinski definition) is 5. The first-order valence-corrected chi connectivity index (χ1v) is 9.58. The van der Waals surface area contributed by atoms with Crippen molar-refractivity contribution in [2.24, 2.45) is 0 Å². The molecule has 1 aromatic heterocycles. The van der Waals surface area contributed by atoms with Crippen molar-refractivity contribution in [3.8, 4) is 10.6 Å². The molecule has 0 aliphatic heterocycles. The number of aryl methyl sites for hydroxylation is 1. The van der Waals surface area contributed by atoms with E-state index in [1.807, 2.05) is 36.4 Å². The van der Waals surface area contributed by atoms with E-state index in [0.717, 1.165) is 12.0 Å². The van der Waals surface area contributed by atoms with Gasteiger partial charge in [-0.1, -0.05) is 42.8 Å². The largest absolute Gasteiger partial charge is 0.451 e. The minimum Gasteiger partial charge on any atom is -0.451 e. The summed E-state index contributed by atoms with van der Waals surface area (Å²) in [7, 11) is 0. The number of carbonyl (C=O) groups is 2. The molecule has 7 heteroatoms. The number of benzene rings is 2. The van der Waals surface area contributed by atoms with E-state index in [-0.39, 0.29) is 12.3 Å². The van der Waals surface area contributed by atoms with Gasteiger partial charge in [0, 0.05) is 21.7 Å². The van der Waals surface area contributed by atoms with Crippen molar-refractivity contribution >= 4 is 40.5 Å². The molecule has 27 heavy (non-hydrogen) atoms. The van der Waals surface area contributed by atoms with Crippen LogP contribution in [-0.2, 0) is 16.0 Å². The van der Waals surface area contributed by atoms with E-state index in [9.17, 15) is 9.59 Å². The van der Waals surface area contributed by atoms with Crippen molar-refractivity contribution in [3.63, 3.8) is 0 Å². The molecule has 0 radical (unpaired) electrons. The van der Waals surface area contributed by atoms with Crippen LogP contribution in [0.4, 0.5) is 5.69 Å². The molecule has 0 aliphatic carbocycles. The van der Waals surface area contributed by atoms with Crippen LogP contribution in [0, 0.1) is 0 Å². The van der Waals surface area contributed by atoms with Gasteiger partial charge in [0.15, 0.2) is 12.3 Å². The molecule has 1 amide bonds. The average Bonchev–Trinajstić information content (AvgIpc) is 3.17. The fourth-order valence-electron chi connectivity index (χ4n) is 2.35. The summed E-state index contributed by atoms with van der Waals surface area (Å²) in [4.78, 5) is 28.3. The first-order chi connectivity index (χ1) is 13.0. The lowest BCUT2D eigenvalue weighted by molar-refractivity contribution is -0.119. The zero-order valence-corrected chi connectivity index (χ0v) is 16.1. The van der Waals surface area contributed by atoms with Gasteiger partial charge in [-0.15, -0.1) is 11.3 Å². The number of hydrogen-bond donors (Lipinski definition) is 1. The molecule has 0 atom stereocenters. The highest BCUT2D eigenvalue weighted by molar-refractivity contribution is 7.13. The number of aromatic nitrogens is 1. The molecule has 0 saturated heterocycles.